The number of benzene rings is 1. The van der Waals surface area contributed by atoms with E-state index in [2.05, 4.69) is 20.4 Å². The number of carbonyl (C=O) groups is 1. The second-order valence-electron chi connectivity index (χ2n) is 8.08. The fourth-order valence-electron chi connectivity index (χ4n) is 3.76. The van der Waals surface area contributed by atoms with Crippen LogP contribution in [0.2, 0.25) is 5.02 Å². The lowest BCUT2D eigenvalue weighted by atomic mass is 10.1. The molecule has 0 fully saturated rings. The number of aliphatic hydroxyl groups is 1. The summed E-state index contributed by atoms with van der Waals surface area (Å²) in [6.45, 7) is -0.222. The van der Waals surface area contributed by atoms with Crippen molar-refractivity contribution in [2.24, 2.45) is 0 Å². The van der Waals surface area contributed by atoms with Crippen molar-refractivity contribution in [3.05, 3.63) is 76.3 Å². The van der Waals surface area contributed by atoms with E-state index in [4.69, 9.17) is 17.3 Å². The minimum atomic E-state index is -5.04. The fourth-order valence-corrected chi connectivity index (χ4v) is 3.89. The SMILES string of the molecule is Nc1ncnn2c(-c3cnc(C(F)(F)F)c(C(=O)NCC[C@@H](O)c4ccc(Cl)cc4)c3)cc(C(F)(F)F)c12. The van der Waals surface area contributed by atoms with E-state index in [-0.39, 0.29) is 24.2 Å². The first-order chi connectivity index (χ1) is 17.8. The maximum absolute atomic E-state index is 13.6. The minimum absolute atomic E-state index is 0.0453. The lowest BCUT2D eigenvalue weighted by Crippen LogP contribution is -2.28. The maximum atomic E-state index is 13.6. The average molecular weight is 559 g/mol. The number of amides is 1. The zero-order valence-corrected chi connectivity index (χ0v) is 19.7. The summed E-state index contributed by atoms with van der Waals surface area (Å²) in [6.07, 6.45) is -9.45. The number of halogens is 7. The molecule has 0 aliphatic carbocycles. The Hall–Kier alpha value is -3.91. The molecule has 15 heteroatoms. The van der Waals surface area contributed by atoms with Crippen LogP contribution < -0.4 is 11.1 Å². The molecule has 1 atom stereocenters. The zero-order valence-electron chi connectivity index (χ0n) is 19.0. The highest BCUT2D eigenvalue weighted by atomic mass is 35.5. The number of alkyl halides is 6. The molecule has 0 aliphatic heterocycles. The normalized spacial score (nSPS) is 13.1. The maximum Gasteiger partial charge on any atom is 0.434 e. The van der Waals surface area contributed by atoms with Gasteiger partial charge in [0, 0.05) is 23.3 Å². The molecule has 0 aliphatic rings. The first-order valence-electron chi connectivity index (χ1n) is 10.8. The van der Waals surface area contributed by atoms with Crippen molar-refractivity contribution in [1.29, 1.82) is 0 Å². The summed E-state index contributed by atoms with van der Waals surface area (Å²) in [7, 11) is 0. The fraction of sp³-hybridized carbons (Fsp3) is 0.217. The molecule has 8 nitrogen and oxygen atoms in total. The number of anilines is 1. The Labute approximate surface area is 215 Å². The second kappa shape index (κ2) is 10.1. The molecule has 0 spiro atoms. The average Bonchev–Trinajstić information content (AvgIpc) is 3.25. The largest absolute Gasteiger partial charge is 0.434 e. The Morgan fingerprint density at radius 3 is 2.39 bits per heavy atom. The van der Waals surface area contributed by atoms with Crippen LogP contribution in [0.5, 0.6) is 0 Å². The van der Waals surface area contributed by atoms with Crippen LogP contribution in [0.3, 0.4) is 0 Å². The Balaban J connectivity index is 1.67. The van der Waals surface area contributed by atoms with Crippen LogP contribution >= 0.6 is 11.6 Å². The molecular formula is C23H17ClF6N6O2. The molecule has 0 unspecified atom stereocenters. The molecule has 0 radical (unpaired) electrons. The highest BCUT2D eigenvalue weighted by Crippen LogP contribution is 2.39. The van der Waals surface area contributed by atoms with Crippen molar-refractivity contribution in [2.45, 2.75) is 24.9 Å². The summed E-state index contributed by atoms with van der Waals surface area (Å²) in [6, 6.07) is 7.59. The molecule has 38 heavy (non-hydrogen) atoms. The summed E-state index contributed by atoms with van der Waals surface area (Å²) in [5.74, 6) is -1.70. The van der Waals surface area contributed by atoms with Crippen molar-refractivity contribution in [3.8, 4) is 11.3 Å². The molecule has 3 heterocycles. The highest BCUT2D eigenvalue weighted by molar-refractivity contribution is 6.30. The number of nitrogens with two attached hydrogens (primary N) is 1. The number of nitrogens with zero attached hydrogens (tertiary/aromatic N) is 4. The van der Waals surface area contributed by atoms with E-state index in [1.807, 2.05) is 0 Å². The molecule has 0 saturated carbocycles. The molecule has 200 valence electrons. The second-order valence-corrected chi connectivity index (χ2v) is 8.51. The third-order valence-corrected chi connectivity index (χ3v) is 5.79. The summed E-state index contributed by atoms with van der Waals surface area (Å²) in [5.41, 5.74) is 1.23. The number of rotatable bonds is 6. The Morgan fingerprint density at radius 1 is 1.08 bits per heavy atom. The standard InChI is InChI=1S/C23H17ClF6N6O2/c24-13-3-1-11(2-4-13)17(37)5-6-32-21(38)14-7-12(9-33-19(14)23(28,29)30)16-8-15(22(25,26)27)18-20(31)34-10-35-36(16)18/h1-4,7-10,17,37H,5-6H2,(H,32,38)(H2,31,34,35)/t17-/m1/s1. The molecule has 1 amide bonds. The number of carbonyl (C=O) groups excluding carboxylic acids is 1. The van der Waals surface area contributed by atoms with Gasteiger partial charge in [0.05, 0.1) is 22.9 Å². The van der Waals surface area contributed by atoms with E-state index in [1.165, 1.54) is 0 Å². The molecule has 3 aromatic heterocycles. The smallest absolute Gasteiger partial charge is 0.388 e. The first kappa shape index (κ1) is 27.1. The van der Waals surface area contributed by atoms with E-state index in [0.717, 1.165) is 16.9 Å². The number of pyridine rings is 1. The van der Waals surface area contributed by atoms with Gasteiger partial charge in [-0.05, 0) is 36.2 Å². The number of hydrogen-bond acceptors (Lipinski definition) is 6. The van der Waals surface area contributed by atoms with Crippen molar-refractivity contribution < 1.29 is 36.2 Å². The lowest BCUT2D eigenvalue weighted by molar-refractivity contribution is -0.141. The molecular weight excluding hydrogens is 542 g/mol. The molecule has 0 saturated heterocycles. The van der Waals surface area contributed by atoms with Crippen LogP contribution in [0.15, 0.2) is 48.9 Å². The van der Waals surface area contributed by atoms with Crippen LogP contribution in [0.25, 0.3) is 16.8 Å². The number of aromatic nitrogens is 4. The van der Waals surface area contributed by atoms with Gasteiger partial charge in [0.25, 0.3) is 5.91 Å². The van der Waals surface area contributed by atoms with Gasteiger partial charge in [0.15, 0.2) is 11.5 Å². The van der Waals surface area contributed by atoms with Crippen LogP contribution in [0.4, 0.5) is 32.2 Å². The van der Waals surface area contributed by atoms with Crippen molar-refractivity contribution >= 4 is 28.8 Å². The van der Waals surface area contributed by atoms with E-state index in [9.17, 15) is 36.2 Å². The van der Waals surface area contributed by atoms with Crippen LogP contribution in [-0.2, 0) is 12.4 Å². The monoisotopic (exact) mass is 558 g/mol. The van der Waals surface area contributed by atoms with Gasteiger partial charge >= 0.3 is 12.4 Å². The van der Waals surface area contributed by atoms with Crippen LogP contribution in [-0.4, -0.2) is 37.1 Å². The Morgan fingerprint density at radius 2 is 1.76 bits per heavy atom. The predicted octanol–water partition coefficient (Wildman–Crippen LogP) is 4.92. The van der Waals surface area contributed by atoms with Gasteiger partial charge in [0.1, 0.15) is 11.8 Å². The van der Waals surface area contributed by atoms with Gasteiger partial charge in [-0.25, -0.2) is 9.50 Å². The molecule has 1 aromatic carbocycles. The summed E-state index contributed by atoms with van der Waals surface area (Å²) in [4.78, 5) is 19.6. The third kappa shape index (κ3) is 5.50. The van der Waals surface area contributed by atoms with Gasteiger partial charge in [-0.1, -0.05) is 23.7 Å². The van der Waals surface area contributed by atoms with Gasteiger partial charge in [-0.15, -0.1) is 0 Å². The van der Waals surface area contributed by atoms with Gasteiger partial charge in [-0.2, -0.15) is 31.4 Å². The van der Waals surface area contributed by atoms with Crippen LogP contribution in [0.1, 0.15) is 39.7 Å². The van der Waals surface area contributed by atoms with Crippen molar-refractivity contribution in [2.75, 3.05) is 12.3 Å². The molecule has 4 rings (SSSR count). The number of nitrogens with one attached hydrogen (secondary N) is 1. The third-order valence-electron chi connectivity index (χ3n) is 5.54. The predicted molar refractivity (Wildman–Crippen MR) is 124 cm³/mol. The first-order valence-corrected chi connectivity index (χ1v) is 11.1. The lowest BCUT2D eigenvalue weighted by Gasteiger charge is -2.15. The number of aliphatic hydroxyl groups excluding tert-OH is 1. The van der Waals surface area contributed by atoms with Crippen molar-refractivity contribution in [3.63, 3.8) is 0 Å². The van der Waals surface area contributed by atoms with Gasteiger partial charge in [0.2, 0.25) is 0 Å². The zero-order chi connectivity index (χ0) is 27.8. The Bertz CT molecular complexity index is 1490. The van der Waals surface area contributed by atoms with Gasteiger partial charge < -0.3 is 16.2 Å². The quantitative estimate of drug-likeness (QED) is 0.289. The van der Waals surface area contributed by atoms with Crippen LogP contribution in [0, 0.1) is 0 Å². The van der Waals surface area contributed by atoms with E-state index in [0.29, 0.717) is 22.8 Å². The summed E-state index contributed by atoms with van der Waals surface area (Å²) in [5, 5.41) is 16.7. The highest BCUT2D eigenvalue weighted by Gasteiger charge is 2.39. The summed E-state index contributed by atoms with van der Waals surface area (Å²) < 4.78 is 82.5. The number of fused-ring (bicyclic) bond motifs is 1. The topological polar surface area (TPSA) is 118 Å². The summed E-state index contributed by atoms with van der Waals surface area (Å²) >= 11 is 5.80. The molecule has 4 aromatic rings. The number of hydrogen-bond donors (Lipinski definition) is 3. The van der Waals surface area contributed by atoms with E-state index in [1.54, 1.807) is 24.3 Å². The van der Waals surface area contributed by atoms with Crippen molar-refractivity contribution in [1.82, 2.24) is 24.9 Å². The Kier molecular flexibility index (Phi) is 7.21. The minimum Gasteiger partial charge on any atom is -0.388 e. The molecule has 4 N–H and O–H groups in total. The number of nitrogen functional groups attached to an aromatic ring is 1. The molecule has 0 bridgehead atoms. The van der Waals surface area contributed by atoms with Gasteiger partial charge in [-0.3, -0.25) is 9.78 Å². The van der Waals surface area contributed by atoms with E-state index < -0.39 is 52.5 Å². The van der Waals surface area contributed by atoms with E-state index >= 15 is 0 Å².